The Kier molecular flexibility index (Phi) is 3.73. The highest BCUT2D eigenvalue weighted by Crippen LogP contribution is 2.12. The molecule has 1 rings (SSSR count). The van der Waals surface area contributed by atoms with Gasteiger partial charge in [-0.3, -0.25) is 0 Å². The van der Waals surface area contributed by atoms with Gasteiger partial charge >= 0.3 is 0 Å². The summed E-state index contributed by atoms with van der Waals surface area (Å²) in [5, 5.41) is 0. The van der Waals surface area contributed by atoms with E-state index in [2.05, 4.69) is 9.97 Å². The van der Waals surface area contributed by atoms with Crippen LogP contribution in [0.15, 0.2) is 12.4 Å². The molecule has 0 aromatic carbocycles. The van der Waals surface area contributed by atoms with Crippen LogP contribution >= 0.6 is 0 Å². The van der Waals surface area contributed by atoms with Gasteiger partial charge in [-0.05, 0) is 0 Å². The van der Waals surface area contributed by atoms with E-state index in [-0.39, 0.29) is 11.7 Å². The minimum atomic E-state index is -2.47. The SMILES string of the molecule is CC(C)c1ncc(OCC(F)F)cn1. The molecule has 78 valence electrons. The summed E-state index contributed by atoms with van der Waals surface area (Å²) >= 11 is 0. The first-order valence-corrected chi connectivity index (χ1v) is 4.32. The van der Waals surface area contributed by atoms with Crippen LogP contribution in [0.4, 0.5) is 8.78 Å². The van der Waals surface area contributed by atoms with E-state index in [1.165, 1.54) is 12.4 Å². The van der Waals surface area contributed by atoms with Crippen molar-refractivity contribution >= 4 is 0 Å². The molecule has 0 aliphatic rings. The Morgan fingerprint density at radius 1 is 1.29 bits per heavy atom. The monoisotopic (exact) mass is 202 g/mol. The van der Waals surface area contributed by atoms with E-state index < -0.39 is 13.0 Å². The third kappa shape index (κ3) is 3.24. The molecular weight excluding hydrogens is 190 g/mol. The van der Waals surface area contributed by atoms with Crippen molar-refractivity contribution in [2.24, 2.45) is 0 Å². The molecule has 0 unspecified atom stereocenters. The minimum Gasteiger partial charge on any atom is -0.484 e. The third-order valence-corrected chi connectivity index (χ3v) is 1.54. The molecule has 0 amide bonds. The van der Waals surface area contributed by atoms with Crippen molar-refractivity contribution in [3.8, 4) is 5.75 Å². The van der Waals surface area contributed by atoms with E-state index in [1.807, 2.05) is 13.8 Å². The van der Waals surface area contributed by atoms with Crippen molar-refractivity contribution < 1.29 is 13.5 Å². The van der Waals surface area contributed by atoms with Crippen LogP contribution < -0.4 is 4.74 Å². The predicted molar refractivity (Wildman–Crippen MR) is 47.6 cm³/mol. The molecule has 0 saturated heterocycles. The highest BCUT2D eigenvalue weighted by molar-refractivity contribution is 5.13. The number of rotatable bonds is 4. The zero-order valence-electron chi connectivity index (χ0n) is 8.08. The number of hydrogen-bond donors (Lipinski definition) is 0. The number of aromatic nitrogens is 2. The number of hydrogen-bond acceptors (Lipinski definition) is 3. The molecule has 0 aliphatic carbocycles. The molecule has 0 atom stereocenters. The molecule has 0 saturated carbocycles. The van der Waals surface area contributed by atoms with Gasteiger partial charge in [0.05, 0.1) is 12.4 Å². The molecule has 1 aromatic rings. The molecule has 0 radical (unpaired) electrons. The summed E-state index contributed by atoms with van der Waals surface area (Å²) in [6.45, 7) is 3.29. The van der Waals surface area contributed by atoms with E-state index in [9.17, 15) is 8.78 Å². The molecule has 0 aliphatic heterocycles. The molecule has 1 aromatic heterocycles. The van der Waals surface area contributed by atoms with Gasteiger partial charge < -0.3 is 4.74 Å². The van der Waals surface area contributed by atoms with Gasteiger partial charge in [-0.25, -0.2) is 18.7 Å². The lowest BCUT2D eigenvalue weighted by molar-refractivity contribution is 0.0815. The maximum Gasteiger partial charge on any atom is 0.272 e. The summed E-state index contributed by atoms with van der Waals surface area (Å²) in [5.41, 5.74) is 0. The Morgan fingerprint density at radius 2 is 1.86 bits per heavy atom. The van der Waals surface area contributed by atoms with Crippen molar-refractivity contribution in [2.45, 2.75) is 26.2 Å². The lowest BCUT2D eigenvalue weighted by Crippen LogP contribution is -2.08. The van der Waals surface area contributed by atoms with Gasteiger partial charge in [0.2, 0.25) is 0 Å². The summed E-state index contributed by atoms with van der Waals surface area (Å²) in [7, 11) is 0. The molecule has 3 nitrogen and oxygen atoms in total. The van der Waals surface area contributed by atoms with Gasteiger partial charge in [0, 0.05) is 5.92 Å². The standard InChI is InChI=1S/C9H12F2N2O/c1-6(2)9-12-3-7(4-13-9)14-5-8(10)11/h3-4,6,8H,5H2,1-2H3. The molecular formula is C9H12F2N2O. The van der Waals surface area contributed by atoms with Crippen LogP contribution in [0.2, 0.25) is 0 Å². The maximum atomic E-state index is 11.8. The minimum absolute atomic E-state index is 0.221. The van der Waals surface area contributed by atoms with Gasteiger partial charge in [0.25, 0.3) is 6.43 Å². The average molecular weight is 202 g/mol. The second kappa shape index (κ2) is 4.83. The Labute approximate surface area is 81.1 Å². The highest BCUT2D eigenvalue weighted by Gasteiger charge is 2.05. The highest BCUT2D eigenvalue weighted by atomic mass is 19.3. The Hall–Kier alpha value is -1.26. The largest absolute Gasteiger partial charge is 0.484 e. The summed E-state index contributed by atoms with van der Waals surface area (Å²) in [6, 6.07) is 0. The van der Waals surface area contributed by atoms with Crippen LogP contribution in [0.5, 0.6) is 5.75 Å². The van der Waals surface area contributed by atoms with Crippen LogP contribution in [0.25, 0.3) is 0 Å². The van der Waals surface area contributed by atoms with Crippen LogP contribution in [0.3, 0.4) is 0 Å². The van der Waals surface area contributed by atoms with E-state index in [4.69, 9.17) is 4.74 Å². The molecule has 0 spiro atoms. The average Bonchev–Trinajstić information content (AvgIpc) is 2.15. The Balaban J connectivity index is 2.55. The zero-order chi connectivity index (χ0) is 10.6. The lowest BCUT2D eigenvalue weighted by Gasteiger charge is -2.06. The quantitative estimate of drug-likeness (QED) is 0.751. The topological polar surface area (TPSA) is 35.0 Å². The van der Waals surface area contributed by atoms with Gasteiger partial charge in [-0.2, -0.15) is 0 Å². The number of nitrogens with zero attached hydrogens (tertiary/aromatic N) is 2. The number of ether oxygens (including phenoxy) is 1. The molecule has 0 bridgehead atoms. The van der Waals surface area contributed by atoms with E-state index in [0.29, 0.717) is 5.82 Å². The smallest absolute Gasteiger partial charge is 0.272 e. The van der Waals surface area contributed by atoms with E-state index in [0.717, 1.165) is 0 Å². The summed E-state index contributed by atoms with van der Waals surface area (Å²) in [4.78, 5) is 7.95. The molecule has 0 N–H and O–H groups in total. The fourth-order valence-electron chi connectivity index (χ4n) is 0.858. The molecule has 1 heterocycles. The third-order valence-electron chi connectivity index (χ3n) is 1.54. The van der Waals surface area contributed by atoms with Crippen molar-refractivity contribution in [2.75, 3.05) is 6.61 Å². The fraction of sp³-hybridized carbons (Fsp3) is 0.556. The van der Waals surface area contributed by atoms with Crippen LogP contribution in [-0.4, -0.2) is 23.0 Å². The number of halogens is 2. The second-order valence-electron chi connectivity index (χ2n) is 3.13. The van der Waals surface area contributed by atoms with Crippen LogP contribution in [-0.2, 0) is 0 Å². The van der Waals surface area contributed by atoms with Crippen molar-refractivity contribution in [1.82, 2.24) is 9.97 Å². The first kappa shape index (κ1) is 10.8. The second-order valence-corrected chi connectivity index (χ2v) is 3.13. The molecule has 0 fully saturated rings. The fourth-order valence-corrected chi connectivity index (χ4v) is 0.858. The van der Waals surface area contributed by atoms with E-state index >= 15 is 0 Å². The lowest BCUT2D eigenvalue weighted by atomic mass is 10.2. The van der Waals surface area contributed by atoms with Crippen molar-refractivity contribution in [1.29, 1.82) is 0 Å². The number of alkyl halides is 2. The summed E-state index contributed by atoms with van der Waals surface area (Å²) < 4.78 is 28.3. The van der Waals surface area contributed by atoms with Gasteiger partial charge in [-0.15, -0.1) is 0 Å². The van der Waals surface area contributed by atoms with Crippen molar-refractivity contribution in [3.63, 3.8) is 0 Å². The summed E-state index contributed by atoms with van der Waals surface area (Å²) in [5.74, 6) is 1.17. The normalized spacial score (nSPS) is 11.0. The van der Waals surface area contributed by atoms with Crippen LogP contribution in [0, 0.1) is 0 Å². The van der Waals surface area contributed by atoms with Crippen molar-refractivity contribution in [3.05, 3.63) is 18.2 Å². The van der Waals surface area contributed by atoms with E-state index in [1.54, 1.807) is 0 Å². The molecule has 5 heteroatoms. The summed E-state index contributed by atoms with van der Waals surface area (Å²) in [6.07, 6.45) is 0.342. The Bertz CT molecular complexity index is 275. The first-order valence-electron chi connectivity index (χ1n) is 4.32. The van der Waals surface area contributed by atoms with Crippen LogP contribution in [0.1, 0.15) is 25.6 Å². The first-order chi connectivity index (χ1) is 6.59. The zero-order valence-corrected chi connectivity index (χ0v) is 8.08. The van der Waals surface area contributed by atoms with Gasteiger partial charge in [0.15, 0.2) is 5.75 Å². The Morgan fingerprint density at radius 3 is 2.29 bits per heavy atom. The van der Waals surface area contributed by atoms with Gasteiger partial charge in [0.1, 0.15) is 12.4 Å². The van der Waals surface area contributed by atoms with Gasteiger partial charge in [-0.1, -0.05) is 13.8 Å². The molecule has 14 heavy (non-hydrogen) atoms. The maximum absolute atomic E-state index is 11.8. The predicted octanol–water partition coefficient (Wildman–Crippen LogP) is 2.24.